The molecule has 0 fully saturated rings. The Labute approximate surface area is 103 Å². The van der Waals surface area contributed by atoms with Gasteiger partial charge in [-0.1, -0.05) is 11.6 Å². The van der Waals surface area contributed by atoms with Gasteiger partial charge in [-0.25, -0.2) is 4.18 Å². The van der Waals surface area contributed by atoms with Crippen LogP contribution < -0.4 is 5.32 Å². The van der Waals surface area contributed by atoms with Gasteiger partial charge in [0.25, 0.3) is 5.91 Å². The Hall–Kier alpha value is -1.15. The quantitative estimate of drug-likeness (QED) is 0.639. The molecule has 0 radical (unpaired) electrons. The van der Waals surface area contributed by atoms with Crippen LogP contribution in [0.5, 0.6) is 0 Å². The van der Waals surface area contributed by atoms with Crippen molar-refractivity contribution in [2.45, 2.75) is 13.2 Å². The van der Waals surface area contributed by atoms with E-state index in [2.05, 4.69) is 9.50 Å². The summed E-state index contributed by atoms with van der Waals surface area (Å²) in [6.45, 7) is 1.27. The maximum Gasteiger partial charge on any atom is 0.399 e. The van der Waals surface area contributed by atoms with Gasteiger partial charge in [-0.2, -0.15) is 8.42 Å². The second kappa shape index (κ2) is 5.46. The number of carbonyl (C=O) groups excluding carboxylic acids is 1. The normalized spacial score (nSPS) is 13.1. The summed E-state index contributed by atoms with van der Waals surface area (Å²) in [5.41, 5.74) is 0.292. The minimum absolute atomic E-state index is 0.292. The van der Waals surface area contributed by atoms with E-state index in [-0.39, 0.29) is 0 Å². The Morgan fingerprint density at radius 2 is 1.94 bits per heavy atom. The van der Waals surface area contributed by atoms with Crippen molar-refractivity contribution in [2.75, 3.05) is 0 Å². The van der Waals surface area contributed by atoms with Crippen molar-refractivity contribution in [3.63, 3.8) is 0 Å². The molecule has 6 nitrogen and oxygen atoms in total. The smallest absolute Gasteiger partial charge is 0.326 e. The molecule has 1 amide bonds. The van der Waals surface area contributed by atoms with Crippen LogP contribution in [0, 0.1) is 0 Å². The van der Waals surface area contributed by atoms with Gasteiger partial charge in [0.1, 0.15) is 6.23 Å². The van der Waals surface area contributed by atoms with Crippen molar-refractivity contribution in [1.82, 2.24) is 5.32 Å². The molecule has 2 N–H and O–H groups in total. The third kappa shape index (κ3) is 5.14. The van der Waals surface area contributed by atoms with E-state index in [0.717, 1.165) is 0 Å². The minimum atomic E-state index is -4.59. The highest BCUT2D eigenvalue weighted by Crippen LogP contribution is 2.09. The molecule has 0 heterocycles. The number of carbonyl (C=O) groups is 1. The van der Waals surface area contributed by atoms with E-state index in [9.17, 15) is 13.2 Å². The summed E-state index contributed by atoms with van der Waals surface area (Å²) in [5.74, 6) is -0.544. The van der Waals surface area contributed by atoms with Crippen molar-refractivity contribution >= 4 is 27.9 Å². The number of hydrogen-bond acceptors (Lipinski definition) is 4. The van der Waals surface area contributed by atoms with Crippen LogP contribution in [-0.4, -0.2) is 25.1 Å². The highest BCUT2D eigenvalue weighted by Gasteiger charge is 2.15. The SMILES string of the molecule is CC(NC(=O)c1ccc(Cl)cc1)OS(=O)(=O)O. The molecule has 0 bridgehead atoms. The fourth-order valence-electron chi connectivity index (χ4n) is 1.08. The zero-order valence-corrected chi connectivity index (χ0v) is 10.3. The zero-order valence-electron chi connectivity index (χ0n) is 8.75. The average molecular weight is 280 g/mol. The minimum Gasteiger partial charge on any atom is -0.326 e. The predicted molar refractivity (Wildman–Crippen MR) is 61.0 cm³/mol. The Balaban J connectivity index is 2.63. The van der Waals surface area contributed by atoms with Gasteiger partial charge in [0.05, 0.1) is 0 Å². The lowest BCUT2D eigenvalue weighted by molar-refractivity contribution is 0.0845. The van der Waals surface area contributed by atoms with E-state index < -0.39 is 22.5 Å². The van der Waals surface area contributed by atoms with E-state index >= 15 is 0 Å². The lowest BCUT2D eigenvalue weighted by Gasteiger charge is -2.12. The second-order valence-corrected chi connectivity index (χ2v) is 4.63. The molecule has 1 atom stereocenters. The van der Waals surface area contributed by atoms with Gasteiger partial charge in [-0.15, -0.1) is 0 Å². The Morgan fingerprint density at radius 3 is 2.41 bits per heavy atom. The zero-order chi connectivity index (χ0) is 13.1. The lowest BCUT2D eigenvalue weighted by atomic mass is 10.2. The Morgan fingerprint density at radius 1 is 1.41 bits per heavy atom. The fraction of sp³-hybridized carbons (Fsp3) is 0.222. The van der Waals surface area contributed by atoms with Crippen molar-refractivity contribution in [1.29, 1.82) is 0 Å². The first kappa shape index (κ1) is 13.9. The van der Waals surface area contributed by atoms with E-state index in [1.807, 2.05) is 0 Å². The summed E-state index contributed by atoms with van der Waals surface area (Å²) in [6.07, 6.45) is -1.17. The standard InChI is InChI=1S/C9H10ClNO5S/c1-6(16-17(13,14)15)11-9(12)7-2-4-8(10)5-3-7/h2-6H,1H3,(H,11,12)(H,13,14,15). The first-order valence-corrected chi connectivity index (χ1v) is 6.24. The van der Waals surface area contributed by atoms with Crippen LogP contribution in [-0.2, 0) is 14.6 Å². The Bertz CT molecular complexity index is 499. The molecule has 0 saturated carbocycles. The molecule has 1 aromatic rings. The summed E-state index contributed by atoms with van der Waals surface area (Å²) in [5, 5.41) is 2.70. The van der Waals surface area contributed by atoms with Crippen molar-refractivity contribution in [3.05, 3.63) is 34.9 Å². The van der Waals surface area contributed by atoms with Gasteiger partial charge in [0, 0.05) is 10.6 Å². The number of amides is 1. The predicted octanol–water partition coefficient (Wildman–Crippen LogP) is 1.24. The molecule has 0 aliphatic carbocycles. The number of benzene rings is 1. The van der Waals surface area contributed by atoms with Gasteiger partial charge in [0.2, 0.25) is 0 Å². The Kier molecular flexibility index (Phi) is 4.47. The number of rotatable bonds is 4. The van der Waals surface area contributed by atoms with Crippen LogP contribution in [0.25, 0.3) is 0 Å². The van der Waals surface area contributed by atoms with Crippen molar-refractivity contribution in [2.24, 2.45) is 0 Å². The average Bonchev–Trinajstić information content (AvgIpc) is 2.15. The molecule has 0 saturated heterocycles. The number of halogens is 1. The van der Waals surface area contributed by atoms with E-state index in [0.29, 0.717) is 10.6 Å². The highest BCUT2D eigenvalue weighted by atomic mass is 35.5. The van der Waals surface area contributed by atoms with Crippen LogP contribution in [0.1, 0.15) is 17.3 Å². The van der Waals surface area contributed by atoms with Crippen LogP contribution in [0.2, 0.25) is 5.02 Å². The van der Waals surface area contributed by atoms with Crippen molar-refractivity contribution < 1.29 is 21.9 Å². The summed E-state index contributed by atoms with van der Waals surface area (Å²) >= 11 is 5.64. The number of hydrogen-bond donors (Lipinski definition) is 2. The molecule has 17 heavy (non-hydrogen) atoms. The molecule has 0 aliphatic rings. The molecule has 0 spiro atoms. The molecule has 1 rings (SSSR count). The lowest BCUT2D eigenvalue weighted by Crippen LogP contribution is -2.35. The third-order valence-electron chi connectivity index (χ3n) is 1.71. The van der Waals surface area contributed by atoms with Crippen LogP contribution in [0.4, 0.5) is 0 Å². The second-order valence-electron chi connectivity index (χ2n) is 3.15. The third-order valence-corrected chi connectivity index (χ3v) is 2.49. The van der Waals surface area contributed by atoms with Gasteiger partial charge in [-0.05, 0) is 31.2 Å². The van der Waals surface area contributed by atoms with Crippen LogP contribution in [0.15, 0.2) is 24.3 Å². The van der Waals surface area contributed by atoms with Crippen LogP contribution >= 0.6 is 11.6 Å². The molecular formula is C9H10ClNO5S. The molecule has 1 unspecified atom stereocenters. The molecule has 0 aromatic heterocycles. The largest absolute Gasteiger partial charge is 0.399 e. The topological polar surface area (TPSA) is 92.7 Å². The van der Waals surface area contributed by atoms with Crippen LogP contribution in [0.3, 0.4) is 0 Å². The molecular weight excluding hydrogens is 270 g/mol. The first-order valence-electron chi connectivity index (χ1n) is 4.50. The van der Waals surface area contributed by atoms with E-state index in [1.165, 1.54) is 31.2 Å². The fourth-order valence-corrected chi connectivity index (χ4v) is 1.61. The summed E-state index contributed by atoms with van der Waals surface area (Å²) in [7, 11) is -4.59. The summed E-state index contributed by atoms with van der Waals surface area (Å²) in [4.78, 5) is 11.5. The highest BCUT2D eigenvalue weighted by molar-refractivity contribution is 7.80. The van der Waals surface area contributed by atoms with Gasteiger partial charge in [0.15, 0.2) is 0 Å². The van der Waals surface area contributed by atoms with E-state index in [1.54, 1.807) is 0 Å². The van der Waals surface area contributed by atoms with Gasteiger partial charge in [-0.3, -0.25) is 9.35 Å². The maximum absolute atomic E-state index is 11.5. The van der Waals surface area contributed by atoms with Gasteiger partial charge < -0.3 is 5.32 Å². The van der Waals surface area contributed by atoms with E-state index in [4.69, 9.17) is 16.2 Å². The monoisotopic (exact) mass is 279 g/mol. The molecule has 0 aliphatic heterocycles. The summed E-state index contributed by atoms with van der Waals surface area (Å²) in [6, 6.07) is 5.98. The first-order chi connectivity index (χ1) is 7.78. The molecule has 1 aromatic carbocycles. The van der Waals surface area contributed by atoms with Gasteiger partial charge >= 0.3 is 10.4 Å². The molecule has 94 valence electrons. The number of nitrogens with one attached hydrogen (secondary N) is 1. The van der Waals surface area contributed by atoms with Crippen molar-refractivity contribution in [3.8, 4) is 0 Å². The molecule has 8 heteroatoms. The summed E-state index contributed by atoms with van der Waals surface area (Å²) < 4.78 is 33.3. The maximum atomic E-state index is 11.5.